The molecule has 0 aromatic heterocycles. The van der Waals surface area contributed by atoms with Crippen LogP contribution in [0.3, 0.4) is 0 Å². The Hall–Kier alpha value is -1.40. The zero-order chi connectivity index (χ0) is 16.5. The highest BCUT2D eigenvalue weighted by molar-refractivity contribution is 7.90. The number of nitrogens with zero attached hydrogens (tertiary/aromatic N) is 1. The van der Waals surface area contributed by atoms with Gasteiger partial charge < -0.3 is 10.6 Å². The van der Waals surface area contributed by atoms with E-state index >= 15 is 0 Å². The quantitative estimate of drug-likeness (QED) is 0.918. The van der Waals surface area contributed by atoms with Crippen LogP contribution >= 0.6 is 0 Å². The molecule has 1 heterocycles. The highest BCUT2D eigenvalue weighted by Gasteiger charge is 2.30. The Morgan fingerprint density at radius 2 is 2.05 bits per heavy atom. The first-order valence-corrected chi connectivity index (χ1v) is 9.48. The summed E-state index contributed by atoms with van der Waals surface area (Å²) < 4.78 is 23.7. The number of hydrogen-bond acceptors (Lipinski definition) is 4. The summed E-state index contributed by atoms with van der Waals surface area (Å²) in [6.07, 6.45) is 4.08. The minimum atomic E-state index is -3.35. The minimum absolute atomic E-state index is 0.0178. The molecule has 0 radical (unpaired) electrons. The van der Waals surface area contributed by atoms with Gasteiger partial charge in [-0.2, -0.15) is 0 Å². The average Bonchev–Trinajstić information content (AvgIpc) is 2.45. The van der Waals surface area contributed by atoms with E-state index in [4.69, 9.17) is 5.73 Å². The van der Waals surface area contributed by atoms with E-state index in [9.17, 15) is 13.2 Å². The molecule has 0 saturated carbocycles. The topological polar surface area (TPSA) is 80.5 Å². The maximum absolute atomic E-state index is 12.8. The number of likely N-dealkylation sites (tertiary alicyclic amines) is 1. The van der Waals surface area contributed by atoms with Crippen molar-refractivity contribution in [3.8, 4) is 0 Å². The number of aryl methyl sites for hydroxylation is 1. The van der Waals surface area contributed by atoms with Crippen molar-refractivity contribution < 1.29 is 13.2 Å². The van der Waals surface area contributed by atoms with Gasteiger partial charge in [-0.3, -0.25) is 4.79 Å². The fourth-order valence-electron chi connectivity index (χ4n) is 3.05. The van der Waals surface area contributed by atoms with E-state index in [0.29, 0.717) is 17.7 Å². The third-order valence-corrected chi connectivity index (χ3v) is 5.49. The fourth-order valence-corrected chi connectivity index (χ4v) is 4.05. The van der Waals surface area contributed by atoms with Crippen LogP contribution in [0.25, 0.3) is 0 Å². The average molecular weight is 324 g/mol. The molecule has 1 fully saturated rings. The number of carbonyl (C=O) groups is 1. The lowest BCUT2D eigenvalue weighted by molar-refractivity contribution is 0.0583. The molecule has 0 bridgehead atoms. The standard InChI is InChI=1S/C16H24N2O3S/c1-11-7-8-13(10-15(11)22(3,20)21)16(19)18-9-5-4-6-14(18)12(2)17/h7-8,10,12,14H,4-6,9,17H2,1-3H3/t12-,14+/m0/s1. The first-order valence-electron chi connectivity index (χ1n) is 7.59. The molecule has 2 rings (SSSR count). The molecule has 1 aromatic rings. The first-order chi connectivity index (χ1) is 10.2. The highest BCUT2D eigenvalue weighted by Crippen LogP contribution is 2.23. The normalized spacial score (nSPS) is 20.7. The third-order valence-electron chi connectivity index (χ3n) is 4.25. The molecule has 2 atom stereocenters. The van der Waals surface area contributed by atoms with Crippen molar-refractivity contribution in [2.24, 2.45) is 5.73 Å². The van der Waals surface area contributed by atoms with Crippen LogP contribution in [0.2, 0.25) is 0 Å². The van der Waals surface area contributed by atoms with Gasteiger partial charge in [0.15, 0.2) is 9.84 Å². The summed E-state index contributed by atoms with van der Waals surface area (Å²) in [7, 11) is -3.35. The summed E-state index contributed by atoms with van der Waals surface area (Å²) >= 11 is 0. The molecule has 1 saturated heterocycles. The molecule has 1 amide bonds. The Balaban J connectivity index is 2.37. The van der Waals surface area contributed by atoms with E-state index in [2.05, 4.69) is 0 Å². The molecule has 6 heteroatoms. The molecule has 0 spiro atoms. The predicted molar refractivity (Wildman–Crippen MR) is 86.6 cm³/mol. The van der Waals surface area contributed by atoms with Crippen LogP contribution in [0.4, 0.5) is 0 Å². The van der Waals surface area contributed by atoms with Crippen LogP contribution in [-0.2, 0) is 9.84 Å². The van der Waals surface area contributed by atoms with Gasteiger partial charge in [-0.25, -0.2) is 8.42 Å². The second-order valence-corrected chi connectivity index (χ2v) is 8.16. The zero-order valence-electron chi connectivity index (χ0n) is 13.4. The minimum Gasteiger partial charge on any atom is -0.334 e. The molecular formula is C16H24N2O3S. The van der Waals surface area contributed by atoms with Crippen LogP contribution in [0, 0.1) is 6.92 Å². The van der Waals surface area contributed by atoms with Crippen molar-refractivity contribution in [2.75, 3.05) is 12.8 Å². The summed E-state index contributed by atoms with van der Waals surface area (Å²) in [5, 5.41) is 0. The van der Waals surface area contributed by atoms with Crippen molar-refractivity contribution in [3.05, 3.63) is 29.3 Å². The fraction of sp³-hybridized carbons (Fsp3) is 0.562. The van der Waals surface area contributed by atoms with Gasteiger partial charge in [0.2, 0.25) is 0 Å². The van der Waals surface area contributed by atoms with E-state index in [1.807, 2.05) is 6.92 Å². The molecule has 1 aliphatic heterocycles. The number of rotatable bonds is 3. The first kappa shape index (κ1) is 17.0. The number of hydrogen-bond donors (Lipinski definition) is 1. The molecule has 2 N–H and O–H groups in total. The molecule has 22 heavy (non-hydrogen) atoms. The predicted octanol–water partition coefficient (Wildman–Crippen LogP) is 1.74. The van der Waals surface area contributed by atoms with E-state index in [1.54, 1.807) is 24.0 Å². The Labute approximate surface area is 132 Å². The van der Waals surface area contributed by atoms with Gasteiger partial charge in [0.25, 0.3) is 5.91 Å². The SMILES string of the molecule is Cc1ccc(C(=O)N2CCCC[C@@H]2[C@H](C)N)cc1S(C)(=O)=O. The second kappa shape index (κ2) is 6.38. The number of benzene rings is 1. The molecule has 1 aromatic carbocycles. The number of nitrogens with two attached hydrogens (primary N) is 1. The highest BCUT2D eigenvalue weighted by atomic mass is 32.2. The summed E-state index contributed by atoms with van der Waals surface area (Å²) in [4.78, 5) is 14.8. The number of sulfone groups is 1. The van der Waals surface area contributed by atoms with E-state index in [-0.39, 0.29) is 22.9 Å². The summed E-state index contributed by atoms with van der Waals surface area (Å²) in [6, 6.07) is 4.79. The maximum atomic E-state index is 12.8. The van der Waals surface area contributed by atoms with Crippen LogP contribution in [0.5, 0.6) is 0 Å². The van der Waals surface area contributed by atoms with Gasteiger partial charge in [0.1, 0.15) is 0 Å². The molecule has 0 aliphatic carbocycles. The molecular weight excluding hydrogens is 300 g/mol. The van der Waals surface area contributed by atoms with E-state index in [1.165, 1.54) is 6.07 Å². The number of amides is 1. The largest absolute Gasteiger partial charge is 0.334 e. The number of carbonyl (C=O) groups excluding carboxylic acids is 1. The third kappa shape index (κ3) is 3.50. The van der Waals surface area contributed by atoms with Gasteiger partial charge in [0, 0.05) is 30.4 Å². The van der Waals surface area contributed by atoms with Gasteiger partial charge >= 0.3 is 0 Å². The van der Waals surface area contributed by atoms with Crippen LogP contribution < -0.4 is 5.73 Å². The van der Waals surface area contributed by atoms with Crippen LogP contribution in [-0.4, -0.2) is 44.1 Å². The van der Waals surface area contributed by atoms with E-state index < -0.39 is 9.84 Å². The van der Waals surface area contributed by atoms with Crippen molar-refractivity contribution in [3.63, 3.8) is 0 Å². The zero-order valence-corrected chi connectivity index (χ0v) is 14.2. The Bertz CT molecular complexity index is 668. The monoisotopic (exact) mass is 324 g/mol. The molecule has 0 unspecified atom stereocenters. The van der Waals surface area contributed by atoms with Gasteiger partial charge in [-0.1, -0.05) is 6.07 Å². The van der Waals surface area contributed by atoms with Crippen molar-refractivity contribution in [1.82, 2.24) is 4.90 Å². The second-order valence-electron chi connectivity index (χ2n) is 6.17. The maximum Gasteiger partial charge on any atom is 0.254 e. The smallest absolute Gasteiger partial charge is 0.254 e. The lowest BCUT2D eigenvalue weighted by atomic mass is 9.96. The van der Waals surface area contributed by atoms with Crippen LogP contribution in [0.1, 0.15) is 42.1 Å². The van der Waals surface area contributed by atoms with E-state index in [0.717, 1.165) is 25.5 Å². The van der Waals surface area contributed by atoms with Crippen LogP contribution in [0.15, 0.2) is 23.1 Å². The van der Waals surface area contributed by atoms with Crippen molar-refractivity contribution in [2.45, 2.75) is 50.1 Å². The molecule has 5 nitrogen and oxygen atoms in total. The van der Waals surface area contributed by atoms with Crippen molar-refractivity contribution >= 4 is 15.7 Å². The lowest BCUT2D eigenvalue weighted by Crippen LogP contribution is -2.51. The van der Waals surface area contributed by atoms with Gasteiger partial charge in [-0.15, -0.1) is 0 Å². The van der Waals surface area contributed by atoms with Gasteiger partial charge in [-0.05, 0) is 50.8 Å². The Morgan fingerprint density at radius 3 is 2.64 bits per heavy atom. The summed E-state index contributed by atoms with van der Waals surface area (Å²) in [5.41, 5.74) is 7.08. The van der Waals surface area contributed by atoms with Gasteiger partial charge in [0.05, 0.1) is 4.90 Å². The number of piperidine rings is 1. The summed E-state index contributed by atoms with van der Waals surface area (Å²) in [6.45, 7) is 4.32. The summed E-state index contributed by atoms with van der Waals surface area (Å²) in [5.74, 6) is -0.132. The molecule has 1 aliphatic rings. The lowest BCUT2D eigenvalue weighted by Gasteiger charge is -2.38. The molecule has 122 valence electrons. The Morgan fingerprint density at radius 1 is 1.36 bits per heavy atom. The van der Waals surface area contributed by atoms with Crippen molar-refractivity contribution in [1.29, 1.82) is 0 Å². The Kier molecular flexibility index (Phi) is 4.92.